The summed E-state index contributed by atoms with van der Waals surface area (Å²) in [5.74, 6) is -1.58. The van der Waals surface area contributed by atoms with Gasteiger partial charge in [-0.25, -0.2) is 13.2 Å². The number of hydrogen-bond acceptors (Lipinski definition) is 5. The van der Waals surface area contributed by atoms with Crippen LogP contribution in [0.15, 0.2) is 54.6 Å². The lowest BCUT2D eigenvalue weighted by Gasteiger charge is -2.16. The molecule has 0 radical (unpaired) electrons. The van der Waals surface area contributed by atoms with Crippen LogP contribution >= 0.6 is 0 Å². The third-order valence-electron chi connectivity index (χ3n) is 4.59. The maximum atomic E-state index is 13.0. The van der Waals surface area contributed by atoms with Crippen molar-refractivity contribution in [1.82, 2.24) is 5.32 Å². The van der Waals surface area contributed by atoms with Crippen LogP contribution in [0, 0.1) is 0 Å². The second-order valence-corrected chi connectivity index (χ2v) is 9.29. The first kappa shape index (κ1) is 24.1. The molecule has 2 rings (SSSR count). The normalized spacial score (nSPS) is 12.8. The maximum Gasteiger partial charge on any atom is 0.326 e. The first-order valence-corrected chi connectivity index (χ1v) is 11.8. The number of carboxylic acids is 1. The number of hydrogen-bond donors (Lipinski definition) is 2. The van der Waals surface area contributed by atoms with Gasteiger partial charge in [-0.3, -0.25) is 4.79 Å². The fourth-order valence-electron chi connectivity index (χ4n) is 2.83. The summed E-state index contributed by atoms with van der Waals surface area (Å²) < 4.78 is 28.9. The second-order valence-electron chi connectivity index (χ2n) is 6.82. The van der Waals surface area contributed by atoms with Gasteiger partial charge in [0.05, 0.1) is 12.4 Å². The Morgan fingerprint density at radius 1 is 1.06 bits per heavy atom. The zero-order valence-electron chi connectivity index (χ0n) is 17.6. The van der Waals surface area contributed by atoms with Crippen molar-refractivity contribution in [2.75, 3.05) is 18.1 Å². The van der Waals surface area contributed by atoms with Gasteiger partial charge in [0.1, 0.15) is 21.6 Å². The van der Waals surface area contributed by atoms with Crippen LogP contribution < -0.4 is 10.1 Å². The molecule has 0 saturated carbocycles. The Labute approximate surface area is 182 Å². The largest absolute Gasteiger partial charge is 0.494 e. The fourth-order valence-corrected chi connectivity index (χ4v) is 3.71. The summed E-state index contributed by atoms with van der Waals surface area (Å²) in [6, 6.07) is 14.7. The first-order valence-electron chi connectivity index (χ1n) is 9.99. The first-order chi connectivity index (χ1) is 14.8. The average Bonchev–Trinajstić information content (AvgIpc) is 2.76. The van der Waals surface area contributed by atoms with Crippen molar-refractivity contribution >= 4 is 33.4 Å². The summed E-state index contributed by atoms with van der Waals surface area (Å²) in [5.41, 5.74) is 1.62. The maximum absolute atomic E-state index is 13.0. The number of carboxylic acid groups (broad SMARTS) is 1. The van der Waals surface area contributed by atoms with Crippen molar-refractivity contribution in [1.29, 1.82) is 0 Å². The van der Waals surface area contributed by atoms with Crippen molar-refractivity contribution in [3.05, 3.63) is 65.7 Å². The predicted molar refractivity (Wildman–Crippen MR) is 120 cm³/mol. The summed E-state index contributed by atoms with van der Waals surface area (Å²) in [7, 11) is -3.35. The van der Waals surface area contributed by atoms with Crippen molar-refractivity contribution < 1.29 is 27.9 Å². The van der Waals surface area contributed by atoms with Gasteiger partial charge in [-0.15, -0.1) is 0 Å². The number of ether oxygens (including phenoxy) is 1. The number of sulfone groups is 1. The Kier molecular flexibility index (Phi) is 8.81. The Morgan fingerprint density at radius 3 is 2.26 bits per heavy atom. The fraction of sp³-hybridized carbons (Fsp3) is 0.304. The molecule has 2 aromatic rings. The number of carbonyl (C=O) groups excluding carboxylic acids is 1. The van der Waals surface area contributed by atoms with Crippen LogP contribution in [-0.4, -0.2) is 49.6 Å². The highest BCUT2D eigenvalue weighted by Crippen LogP contribution is 2.21. The lowest BCUT2D eigenvalue weighted by molar-refractivity contribution is -0.141. The van der Waals surface area contributed by atoms with E-state index in [1.54, 1.807) is 54.6 Å². The van der Waals surface area contributed by atoms with Gasteiger partial charge in [0.15, 0.2) is 0 Å². The molecular formula is C23H27NO6S. The molecule has 1 atom stereocenters. The molecule has 2 aromatic carbocycles. The lowest BCUT2D eigenvalue weighted by atomic mass is 10.0. The number of rotatable bonds is 11. The van der Waals surface area contributed by atoms with Gasteiger partial charge in [-0.1, -0.05) is 49.4 Å². The van der Waals surface area contributed by atoms with Crippen LogP contribution in [0.25, 0.3) is 11.6 Å². The molecule has 0 fully saturated rings. The number of amides is 1. The van der Waals surface area contributed by atoms with Crippen molar-refractivity contribution in [2.45, 2.75) is 26.3 Å². The smallest absolute Gasteiger partial charge is 0.326 e. The zero-order valence-corrected chi connectivity index (χ0v) is 18.4. The minimum Gasteiger partial charge on any atom is -0.494 e. The topological polar surface area (TPSA) is 110 Å². The molecule has 0 saturated heterocycles. The SMILES string of the molecule is CCOc1ccc(/C=C(/C(=O)NC(CCS(=O)(=O)CC)C(=O)O)c2ccccc2)cc1. The van der Waals surface area contributed by atoms with E-state index in [1.807, 2.05) is 13.0 Å². The van der Waals surface area contributed by atoms with E-state index in [0.717, 1.165) is 5.56 Å². The zero-order chi connectivity index (χ0) is 22.9. The third-order valence-corrected chi connectivity index (χ3v) is 6.33. The summed E-state index contributed by atoms with van der Waals surface area (Å²) in [6.07, 6.45) is 1.45. The van der Waals surface area contributed by atoms with E-state index >= 15 is 0 Å². The molecule has 1 unspecified atom stereocenters. The average molecular weight is 446 g/mol. The quantitative estimate of drug-likeness (QED) is 0.406. The van der Waals surface area contributed by atoms with Gasteiger partial charge < -0.3 is 15.2 Å². The lowest BCUT2D eigenvalue weighted by Crippen LogP contribution is -2.42. The number of nitrogens with one attached hydrogen (secondary N) is 1. The van der Waals surface area contributed by atoms with Crippen LogP contribution in [-0.2, 0) is 19.4 Å². The van der Waals surface area contributed by atoms with Crippen LogP contribution in [0.3, 0.4) is 0 Å². The molecule has 31 heavy (non-hydrogen) atoms. The van der Waals surface area contributed by atoms with E-state index in [-0.39, 0.29) is 23.5 Å². The Balaban J connectivity index is 2.30. The van der Waals surface area contributed by atoms with Crippen molar-refractivity contribution in [3.63, 3.8) is 0 Å². The Bertz CT molecular complexity index is 1010. The van der Waals surface area contributed by atoms with Crippen LogP contribution in [0.4, 0.5) is 0 Å². The summed E-state index contributed by atoms with van der Waals surface area (Å²) in [6.45, 7) is 3.92. The molecule has 0 heterocycles. The Morgan fingerprint density at radius 2 is 1.71 bits per heavy atom. The highest BCUT2D eigenvalue weighted by Gasteiger charge is 2.24. The van der Waals surface area contributed by atoms with Crippen LogP contribution in [0.5, 0.6) is 5.75 Å². The third kappa shape index (κ3) is 7.57. The molecule has 0 aliphatic carbocycles. The van der Waals surface area contributed by atoms with Gasteiger partial charge in [0.2, 0.25) is 0 Å². The van der Waals surface area contributed by atoms with E-state index in [4.69, 9.17) is 4.74 Å². The molecule has 0 bridgehead atoms. The van der Waals surface area contributed by atoms with Crippen LogP contribution in [0.2, 0.25) is 0 Å². The molecule has 0 aromatic heterocycles. The van der Waals surface area contributed by atoms with E-state index in [2.05, 4.69) is 5.32 Å². The van der Waals surface area contributed by atoms with E-state index < -0.39 is 27.8 Å². The number of benzene rings is 2. The summed E-state index contributed by atoms with van der Waals surface area (Å²) in [5, 5.41) is 11.9. The second kappa shape index (κ2) is 11.3. The molecule has 1 amide bonds. The van der Waals surface area contributed by atoms with Crippen LogP contribution in [0.1, 0.15) is 31.4 Å². The molecular weight excluding hydrogens is 418 g/mol. The molecule has 2 N–H and O–H groups in total. The predicted octanol–water partition coefficient (Wildman–Crippen LogP) is 3.02. The van der Waals surface area contributed by atoms with Crippen molar-refractivity contribution in [3.8, 4) is 5.75 Å². The van der Waals surface area contributed by atoms with Gasteiger partial charge in [0.25, 0.3) is 5.91 Å². The standard InChI is InChI=1S/C23H27NO6S/c1-3-30-19-12-10-17(11-13-19)16-20(18-8-6-5-7-9-18)22(25)24-21(23(26)27)14-15-31(28,29)4-2/h5-13,16,21H,3-4,14-15H2,1-2H3,(H,24,25)(H,26,27)/b20-16+. The molecule has 8 heteroatoms. The van der Waals surface area contributed by atoms with Gasteiger partial charge in [-0.2, -0.15) is 0 Å². The van der Waals surface area contributed by atoms with E-state index in [1.165, 1.54) is 6.92 Å². The minimum atomic E-state index is -3.35. The molecule has 0 spiro atoms. The number of aliphatic carboxylic acids is 1. The minimum absolute atomic E-state index is 0.0831. The van der Waals surface area contributed by atoms with Crippen molar-refractivity contribution in [2.24, 2.45) is 0 Å². The molecule has 0 aliphatic rings. The van der Waals surface area contributed by atoms with E-state index in [9.17, 15) is 23.1 Å². The highest BCUT2D eigenvalue weighted by atomic mass is 32.2. The van der Waals surface area contributed by atoms with Gasteiger partial charge >= 0.3 is 5.97 Å². The van der Waals surface area contributed by atoms with Gasteiger partial charge in [-0.05, 0) is 42.7 Å². The molecule has 166 valence electrons. The molecule has 7 nitrogen and oxygen atoms in total. The summed E-state index contributed by atoms with van der Waals surface area (Å²) in [4.78, 5) is 24.6. The monoisotopic (exact) mass is 445 g/mol. The van der Waals surface area contributed by atoms with Gasteiger partial charge in [0, 0.05) is 11.3 Å². The van der Waals surface area contributed by atoms with E-state index in [0.29, 0.717) is 17.9 Å². The summed E-state index contributed by atoms with van der Waals surface area (Å²) >= 11 is 0. The number of carbonyl (C=O) groups is 2. The molecule has 0 aliphatic heterocycles. The highest BCUT2D eigenvalue weighted by molar-refractivity contribution is 7.91. The Hall–Kier alpha value is -3.13.